The molecular formula is C14H27NO2. The average Bonchev–Trinajstić information content (AvgIpc) is 2.31. The van der Waals surface area contributed by atoms with Crippen LogP contribution < -0.4 is 0 Å². The van der Waals surface area contributed by atoms with Gasteiger partial charge in [0.15, 0.2) is 0 Å². The second kappa shape index (κ2) is 6.50. The molecule has 17 heavy (non-hydrogen) atoms. The van der Waals surface area contributed by atoms with Gasteiger partial charge in [0, 0.05) is 24.5 Å². The maximum absolute atomic E-state index is 11.5. The average molecular weight is 241 g/mol. The fourth-order valence-electron chi connectivity index (χ4n) is 2.70. The highest BCUT2D eigenvalue weighted by atomic mass is 16.3. The molecule has 1 saturated carbocycles. The molecule has 1 N–H and O–H groups in total. The van der Waals surface area contributed by atoms with Crippen molar-refractivity contribution in [3.63, 3.8) is 0 Å². The minimum absolute atomic E-state index is 0.161. The Bertz CT molecular complexity index is 232. The van der Waals surface area contributed by atoms with Crippen LogP contribution in [0.1, 0.15) is 46.5 Å². The molecular weight excluding hydrogens is 214 g/mol. The van der Waals surface area contributed by atoms with Crippen molar-refractivity contribution < 1.29 is 9.90 Å². The maximum Gasteiger partial charge on any atom is 0.127 e. The van der Waals surface area contributed by atoms with E-state index in [0.717, 1.165) is 38.1 Å². The molecule has 1 rings (SSSR count). The van der Waals surface area contributed by atoms with Gasteiger partial charge in [0.25, 0.3) is 0 Å². The molecule has 0 spiro atoms. The van der Waals surface area contributed by atoms with Crippen LogP contribution in [0.5, 0.6) is 0 Å². The Labute approximate surface area is 105 Å². The summed E-state index contributed by atoms with van der Waals surface area (Å²) in [6.07, 6.45) is 5.50. The number of aliphatic hydroxyl groups is 1. The molecule has 0 heterocycles. The molecule has 0 aromatic heterocycles. The fraction of sp³-hybridized carbons (Fsp3) is 0.929. The lowest BCUT2D eigenvalue weighted by molar-refractivity contribution is -0.120. The monoisotopic (exact) mass is 241 g/mol. The number of aldehydes is 1. The van der Waals surface area contributed by atoms with Gasteiger partial charge in [-0.2, -0.15) is 0 Å². The summed E-state index contributed by atoms with van der Waals surface area (Å²) in [6, 6.07) is 0.387. The third kappa shape index (κ3) is 4.07. The van der Waals surface area contributed by atoms with Crippen molar-refractivity contribution in [3.05, 3.63) is 0 Å². The van der Waals surface area contributed by atoms with Gasteiger partial charge in [0.1, 0.15) is 6.29 Å². The van der Waals surface area contributed by atoms with Crippen molar-refractivity contribution in [2.24, 2.45) is 11.3 Å². The molecule has 0 unspecified atom stereocenters. The minimum Gasteiger partial charge on any atom is -0.395 e. The van der Waals surface area contributed by atoms with E-state index >= 15 is 0 Å². The van der Waals surface area contributed by atoms with Crippen LogP contribution in [-0.4, -0.2) is 42.0 Å². The first kappa shape index (κ1) is 14.7. The third-order valence-corrected chi connectivity index (χ3v) is 4.16. The van der Waals surface area contributed by atoms with Crippen LogP contribution in [0, 0.1) is 11.3 Å². The van der Waals surface area contributed by atoms with Crippen molar-refractivity contribution in [2.75, 3.05) is 19.7 Å². The van der Waals surface area contributed by atoms with Gasteiger partial charge in [-0.25, -0.2) is 0 Å². The predicted octanol–water partition coefficient (Wildman–Crippen LogP) is 2.08. The van der Waals surface area contributed by atoms with E-state index in [1.165, 1.54) is 6.29 Å². The van der Waals surface area contributed by atoms with E-state index < -0.39 is 0 Å². The topological polar surface area (TPSA) is 40.5 Å². The SMILES string of the molecule is CC1CCC(C=O)(CN(CCO)C(C)C)CC1. The van der Waals surface area contributed by atoms with E-state index in [0.29, 0.717) is 12.6 Å². The molecule has 0 amide bonds. The number of rotatable bonds is 6. The molecule has 1 aliphatic carbocycles. The summed E-state index contributed by atoms with van der Waals surface area (Å²) in [5, 5.41) is 9.08. The number of hydrogen-bond donors (Lipinski definition) is 1. The smallest absolute Gasteiger partial charge is 0.127 e. The van der Waals surface area contributed by atoms with Crippen molar-refractivity contribution in [2.45, 2.75) is 52.5 Å². The molecule has 0 aliphatic heterocycles. The van der Waals surface area contributed by atoms with Crippen LogP contribution in [0.15, 0.2) is 0 Å². The molecule has 3 heteroatoms. The summed E-state index contributed by atoms with van der Waals surface area (Å²) >= 11 is 0. The first-order chi connectivity index (χ1) is 8.03. The molecule has 1 aliphatic rings. The van der Waals surface area contributed by atoms with Gasteiger partial charge in [-0.05, 0) is 45.4 Å². The highest BCUT2D eigenvalue weighted by molar-refractivity contribution is 5.60. The number of aliphatic hydroxyl groups excluding tert-OH is 1. The molecule has 0 aromatic rings. The summed E-state index contributed by atoms with van der Waals surface area (Å²) in [4.78, 5) is 13.7. The zero-order valence-corrected chi connectivity index (χ0v) is 11.5. The zero-order chi connectivity index (χ0) is 12.9. The van der Waals surface area contributed by atoms with Crippen LogP contribution in [0.2, 0.25) is 0 Å². The molecule has 0 atom stereocenters. The summed E-state index contributed by atoms with van der Waals surface area (Å²) in [7, 11) is 0. The molecule has 100 valence electrons. The van der Waals surface area contributed by atoms with Crippen molar-refractivity contribution in [3.8, 4) is 0 Å². The van der Waals surface area contributed by atoms with E-state index in [2.05, 4.69) is 25.7 Å². The Morgan fingerprint density at radius 3 is 2.41 bits per heavy atom. The Hall–Kier alpha value is -0.410. The lowest BCUT2D eigenvalue weighted by atomic mass is 9.71. The minimum atomic E-state index is -0.161. The standard InChI is InChI=1S/C14H27NO2/c1-12(2)15(8-9-16)10-14(11-17)6-4-13(3)5-7-14/h11-13,16H,4-10H2,1-3H3. The molecule has 0 aromatic carbocycles. The Kier molecular flexibility index (Phi) is 5.60. The van der Waals surface area contributed by atoms with Gasteiger partial charge in [-0.15, -0.1) is 0 Å². The predicted molar refractivity (Wildman–Crippen MR) is 69.9 cm³/mol. The Morgan fingerprint density at radius 1 is 1.41 bits per heavy atom. The van der Waals surface area contributed by atoms with Crippen molar-refractivity contribution >= 4 is 6.29 Å². The van der Waals surface area contributed by atoms with Gasteiger partial charge >= 0.3 is 0 Å². The van der Waals surface area contributed by atoms with E-state index in [1.807, 2.05) is 0 Å². The highest BCUT2D eigenvalue weighted by Gasteiger charge is 2.35. The Balaban J connectivity index is 2.63. The van der Waals surface area contributed by atoms with E-state index in [9.17, 15) is 4.79 Å². The van der Waals surface area contributed by atoms with E-state index in [4.69, 9.17) is 5.11 Å². The second-order valence-electron chi connectivity index (χ2n) is 5.95. The first-order valence-electron chi connectivity index (χ1n) is 6.84. The Morgan fingerprint density at radius 2 is 2.00 bits per heavy atom. The summed E-state index contributed by atoms with van der Waals surface area (Å²) in [5.41, 5.74) is -0.161. The first-order valence-corrected chi connectivity index (χ1v) is 6.84. The number of carbonyl (C=O) groups excluding carboxylic acids is 1. The molecule has 0 radical (unpaired) electrons. The van der Waals surface area contributed by atoms with Crippen LogP contribution in [0.3, 0.4) is 0 Å². The van der Waals surface area contributed by atoms with Gasteiger partial charge in [-0.3, -0.25) is 4.90 Å². The lowest BCUT2D eigenvalue weighted by Crippen LogP contribution is -2.45. The lowest BCUT2D eigenvalue weighted by Gasteiger charge is -2.40. The van der Waals surface area contributed by atoms with Crippen molar-refractivity contribution in [1.82, 2.24) is 4.90 Å². The summed E-state index contributed by atoms with van der Waals surface area (Å²) in [5.74, 6) is 0.758. The van der Waals surface area contributed by atoms with Gasteiger partial charge < -0.3 is 9.90 Å². The molecule has 3 nitrogen and oxygen atoms in total. The summed E-state index contributed by atoms with van der Waals surface area (Å²) < 4.78 is 0. The third-order valence-electron chi connectivity index (χ3n) is 4.16. The van der Waals surface area contributed by atoms with Crippen LogP contribution >= 0.6 is 0 Å². The van der Waals surface area contributed by atoms with Gasteiger partial charge in [0.05, 0.1) is 6.61 Å². The largest absolute Gasteiger partial charge is 0.395 e. The van der Waals surface area contributed by atoms with E-state index in [1.54, 1.807) is 0 Å². The number of hydrogen-bond acceptors (Lipinski definition) is 3. The van der Waals surface area contributed by atoms with E-state index in [-0.39, 0.29) is 12.0 Å². The van der Waals surface area contributed by atoms with Crippen molar-refractivity contribution in [1.29, 1.82) is 0 Å². The molecule has 1 fully saturated rings. The van der Waals surface area contributed by atoms with Crippen LogP contribution in [0.25, 0.3) is 0 Å². The number of carbonyl (C=O) groups is 1. The van der Waals surface area contributed by atoms with Gasteiger partial charge in [-0.1, -0.05) is 6.92 Å². The fourth-order valence-corrected chi connectivity index (χ4v) is 2.70. The maximum atomic E-state index is 11.5. The van der Waals surface area contributed by atoms with Gasteiger partial charge in [0.2, 0.25) is 0 Å². The summed E-state index contributed by atoms with van der Waals surface area (Å²) in [6.45, 7) is 8.16. The quantitative estimate of drug-likeness (QED) is 0.724. The zero-order valence-electron chi connectivity index (χ0n) is 11.5. The van der Waals surface area contributed by atoms with Crippen LogP contribution in [0.4, 0.5) is 0 Å². The van der Waals surface area contributed by atoms with Crippen LogP contribution in [-0.2, 0) is 4.79 Å². The normalized spacial score (nSPS) is 29.9. The second-order valence-corrected chi connectivity index (χ2v) is 5.95. The highest BCUT2D eigenvalue weighted by Crippen LogP contribution is 2.38. The molecule has 0 bridgehead atoms. The molecule has 0 saturated heterocycles. The number of nitrogens with zero attached hydrogens (tertiary/aromatic N) is 1.